The van der Waals surface area contributed by atoms with Crippen LogP contribution >= 0.6 is 0 Å². The Bertz CT molecular complexity index is 769. The van der Waals surface area contributed by atoms with Gasteiger partial charge in [-0.1, -0.05) is 6.07 Å². The number of morpholine rings is 1. The standard InChI is InChI=1S/C18H20FN3O3/c1-20-17-5-3-4-14(21-17)16-11-22(8-9-25-16)18(23)12-6-7-15(24-2)13(19)10-12/h3-7,10,16H,8-9,11H2,1-2H3,(H,20,21)/t16-/m1/s1. The van der Waals surface area contributed by atoms with E-state index in [1.54, 1.807) is 18.0 Å². The SMILES string of the molecule is CNc1cccc([C@H]2CN(C(=O)c3ccc(OC)c(F)c3)CCO2)n1. The average molecular weight is 345 g/mol. The summed E-state index contributed by atoms with van der Waals surface area (Å²) in [6, 6.07) is 9.83. The maximum absolute atomic E-state index is 13.9. The van der Waals surface area contributed by atoms with Gasteiger partial charge in [-0.3, -0.25) is 4.79 Å². The Labute approximate surface area is 145 Å². The van der Waals surface area contributed by atoms with Gasteiger partial charge in [0.15, 0.2) is 11.6 Å². The van der Waals surface area contributed by atoms with Crippen LogP contribution < -0.4 is 10.1 Å². The van der Waals surface area contributed by atoms with Crippen LogP contribution in [-0.2, 0) is 4.74 Å². The minimum absolute atomic E-state index is 0.115. The Balaban J connectivity index is 1.76. The van der Waals surface area contributed by atoms with Gasteiger partial charge >= 0.3 is 0 Å². The van der Waals surface area contributed by atoms with Crippen molar-refractivity contribution in [2.24, 2.45) is 0 Å². The van der Waals surface area contributed by atoms with Gasteiger partial charge in [-0.2, -0.15) is 0 Å². The number of anilines is 1. The van der Waals surface area contributed by atoms with Gasteiger partial charge in [0, 0.05) is 19.2 Å². The number of carbonyl (C=O) groups is 1. The minimum atomic E-state index is -0.554. The zero-order valence-electron chi connectivity index (χ0n) is 14.2. The molecule has 0 radical (unpaired) electrons. The number of hydrogen-bond acceptors (Lipinski definition) is 5. The molecule has 7 heteroatoms. The van der Waals surface area contributed by atoms with E-state index in [0.717, 1.165) is 11.5 Å². The van der Waals surface area contributed by atoms with Gasteiger partial charge in [-0.05, 0) is 30.3 Å². The smallest absolute Gasteiger partial charge is 0.254 e. The normalized spacial score (nSPS) is 17.2. The lowest BCUT2D eigenvalue weighted by molar-refractivity contribution is -0.0246. The molecule has 1 N–H and O–H groups in total. The zero-order chi connectivity index (χ0) is 17.8. The number of hydrogen-bond donors (Lipinski definition) is 1. The fraction of sp³-hybridized carbons (Fsp3) is 0.333. The number of ether oxygens (including phenoxy) is 2. The lowest BCUT2D eigenvalue weighted by atomic mass is 10.1. The molecule has 0 aliphatic carbocycles. The highest BCUT2D eigenvalue weighted by molar-refractivity contribution is 5.94. The summed E-state index contributed by atoms with van der Waals surface area (Å²) in [6.07, 6.45) is -0.311. The number of nitrogens with zero attached hydrogens (tertiary/aromatic N) is 2. The van der Waals surface area contributed by atoms with E-state index in [9.17, 15) is 9.18 Å². The fourth-order valence-electron chi connectivity index (χ4n) is 2.76. The van der Waals surface area contributed by atoms with E-state index < -0.39 is 5.82 Å². The van der Waals surface area contributed by atoms with E-state index in [-0.39, 0.29) is 23.3 Å². The number of aromatic nitrogens is 1. The summed E-state index contributed by atoms with van der Waals surface area (Å²) in [7, 11) is 3.18. The molecule has 1 aliphatic heterocycles. The molecule has 2 aromatic rings. The van der Waals surface area contributed by atoms with E-state index in [4.69, 9.17) is 9.47 Å². The molecule has 1 atom stereocenters. The molecule has 132 valence electrons. The third kappa shape index (κ3) is 3.71. The second kappa shape index (κ2) is 7.48. The van der Waals surface area contributed by atoms with Gasteiger partial charge in [0.25, 0.3) is 5.91 Å². The molecule has 1 fully saturated rings. The average Bonchev–Trinajstić information content (AvgIpc) is 2.67. The summed E-state index contributed by atoms with van der Waals surface area (Å²) in [5.74, 6) is 0.0624. The molecule has 0 spiro atoms. The van der Waals surface area contributed by atoms with Crippen molar-refractivity contribution >= 4 is 11.7 Å². The summed E-state index contributed by atoms with van der Waals surface area (Å²) < 4.78 is 24.5. The van der Waals surface area contributed by atoms with Crippen LogP contribution in [0.5, 0.6) is 5.75 Å². The van der Waals surface area contributed by atoms with Crippen molar-refractivity contribution in [3.8, 4) is 5.75 Å². The monoisotopic (exact) mass is 345 g/mol. The Kier molecular flexibility index (Phi) is 5.14. The molecule has 1 saturated heterocycles. The quantitative estimate of drug-likeness (QED) is 0.922. The molecule has 0 unspecified atom stereocenters. The Morgan fingerprint density at radius 3 is 2.96 bits per heavy atom. The Hall–Kier alpha value is -2.67. The van der Waals surface area contributed by atoms with Crippen LogP contribution in [0.15, 0.2) is 36.4 Å². The molecule has 1 amide bonds. The maximum Gasteiger partial charge on any atom is 0.254 e. The summed E-state index contributed by atoms with van der Waals surface area (Å²) in [5, 5.41) is 2.98. The van der Waals surface area contributed by atoms with Crippen LogP contribution in [0.3, 0.4) is 0 Å². The number of halogens is 1. The third-order valence-corrected chi connectivity index (χ3v) is 4.11. The van der Waals surface area contributed by atoms with Crippen molar-refractivity contribution in [1.82, 2.24) is 9.88 Å². The number of nitrogens with one attached hydrogen (secondary N) is 1. The molecule has 2 heterocycles. The number of methoxy groups -OCH3 is 1. The Morgan fingerprint density at radius 1 is 1.40 bits per heavy atom. The van der Waals surface area contributed by atoms with Crippen LogP contribution in [0.2, 0.25) is 0 Å². The van der Waals surface area contributed by atoms with E-state index >= 15 is 0 Å². The van der Waals surface area contributed by atoms with Crippen LogP contribution in [0.25, 0.3) is 0 Å². The zero-order valence-corrected chi connectivity index (χ0v) is 14.2. The van der Waals surface area contributed by atoms with Crippen molar-refractivity contribution in [2.75, 3.05) is 39.2 Å². The first-order chi connectivity index (χ1) is 12.1. The van der Waals surface area contributed by atoms with Gasteiger partial charge in [0.1, 0.15) is 11.9 Å². The van der Waals surface area contributed by atoms with Crippen molar-refractivity contribution in [2.45, 2.75) is 6.10 Å². The van der Waals surface area contributed by atoms with Gasteiger partial charge in [0.05, 0.1) is 26.0 Å². The van der Waals surface area contributed by atoms with Crippen LogP contribution in [0, 0.1) is 5.82 Å². The highest BCUT2D eigenvalue weighted by atomic mass is 19.1. The van der Waals surface area contributed by atoms with Crippen molar-refractivity contribution in [1.29, 1.82) is 0 Å². The predicted octanol–water partition coefficient (Wildman–Crippen LogP) is 2.48. The molecule has 1 aliphatic rings. The van der Waals surface area contributed by atoms with E-state index in [1.807, 2.05) is 18.2 Å². The number of carbonyl (C=O) groups excluding carboxylic acids is 1. The number of amides is 1. The molecule has 3 rings (SSSR count). The van der Waals surface area contributed by atoms with Gasteiger partial charge < -0.3 is 19.7 Å². The molecule has 0 bridgehead atoms. The van der Waals surface area contributed by atoms with Gasteiger partial charge in [0.2, 0.25) is 0 Å². The van der Waals surface area contributed by atoms with Crippen molar-refractivity contribution in [3.05, 3.63) is 53.5 Å². The van der Waals surface area contributed by atoms with Gasteiger partial charge in [-0.15, -0.1) is 0 Å². The first-order valence-electron chi connectivity index (χ1n) is 8.01. The largest absolute Gasteiger partial charge is 0.494 e. The highest BCUT2D eigenvalue weighted by Gasteiger charge is 2.27. The first kappa shape index (κ1) is 17.2. The van der Waals surface area contributed by atoms with Crippen LogP contribution in [0.1, 0.15) is 22.2 Å². The highest BCUT2D eigenvalue weighted by Crippen LogP contribution is 2.24. The lowest BCUT2D eigenvalue weighted by Crippen LogP contribution is -2.42. The number of benzene rings is 1. The first-order valence-corrected chi connectivity index (χ1v) is 8.01. The Morgan fingerprint density at radius 2 is 2.24 bits per heavy atom. The van der Waals surface area contributed by atoms with E-state index in [2.05, 4.69) is 10.3 Å². The number of pyridine rings is 1. The van der Waals surface area contributed by atoms with E-state index in [0.29, 0.717) is 19.7 Å². The molecule has 1 aromatic carbocycles. The second-order valence-electron chi connectivity index (χ2n) is 5.66. The molecule has 6 nitrogen and oxygen atoms in total. The minimum Gasteiger partial charge on any atom is -0.494 e. The topological polar surface area (TPSA) is 63.7 Å². The summed E-state index contributed by atoms with van der Waals surface area (Å²) >= 11 is 0. The van der Waals surface area contributed by atoms with Gasteiger partial charge in [-0.25, -0.2) is 9.37 Å². The van der Waals surface area contributed by atoms with Crippen LogP contribution in [-0.4, -0.2) is 49.6 Å². The lowest BCUT2D eigenvalue weighted by Gasteiger charge is -2.33. The molecular weight excluding hydrogens is 325 g/mol. The second-order valence-corrected chi connectivity index (χ2v) is 5.66. The summed E-state index contributed by atoms with van der Waals surface area (Å²) in [6.45, 7) is 1.22. The number of rotatable bonds is 4. The molecule has 0 saturated carbocycles. The molecular formula is C18H20FN3O3. The fourth-order valence-corrected chi connectivity index (χ4v) is 2.76. The maximum atomic E-state index is 13.9. The van der Waals surface area contributed by atoms with Crippen LogP contribution in [0.4, 0.5) is 10.2 Å². The van der Waals surface area contributed by atoms with E-state index in [1.165, 1.54) is 19.2 Å². The third-order valence-electron chi connectivity index (χ3n) is 4.11. The van der Waals surface area contributed by atoms with Crippen molar-refractivity contribution < 1.29 is 18.7 Å². The molecule has 1 aromatic heterocycles. The van der Waals surface area contributed by atoms with Crippen molar-refractivity contribution in [3.63, 3.8) is 0 Å². The predicted molar refractivity (Wildman–Crippen MR) is 91.3 cm³/mol. The summed E-state index contributed by atoms with van der Waals surface area (Å²) in [5.41, 5.74) is 1.04. The molecule has 25 heavy (non-hydrogen) atoms. The summed E-state index contributed by atoms with van der Waals surface area (Å²) in [4.78, 5) is 18.8.